The molecule has 0 aromatic heterocycles. The average Bonchev–Trinajstić information content (AvgIpc) is 2.31. The molecule has 0 bridgehead atoms. The van der Waals surface area contributed by atoms with Crippen LogP contribution in [0.3, 0.4) is 0 Å². The second-order valence-corrected chi connectivity index (χ2v) is 7.01. The van der Waals surface area contributed by atoms with E-state index in [-0.39, 0.29) is 11.5 Å². The molecule has 0 saturated carbocycles. The van der Waals surface area contributed by atoms with E-state index >= 15 is 0 Å². The molecule has 4 nitrogen and oxygen atoms in total. The fraction of sp³-hybridized carbons (Fsp3) is 0.462. The molecule has 0 spiro atoms. The van der Waals surface area contributed by atoms with Crippen molar-refractivity contribution in [3.8, 4) is 6.07 Å². The van der Waals surface area contributed by atoms with Gasteiger partial charge in [0.1, 0.15) is 5.54 Å². The number of hydrogen-bond donors (Lipinski definition) is 1. The molecule has 1 aliphatic rings. The van der Waals surface area contributed by atoms with E-state index in [0.29, 0.717) is 12.8 Å². The molecule has 1 fully saturated rings. The first-order valence-corrected chi connectivity index (χ1v) is 7.74. The van der Waals surface area contributed by atoms with Crippen molar-refractivity contribution in [2.45, 2.75) is 25.3 Å². The van der Waals surface area contributed by atoms with Crippen LogP contribution < -0.4 is 5.32 Å². The van der Waals surface area contributed by atoms with Crippen molar-refractivity contribution < 1.29 is 8.42 Å². The Morgan fingerprint density at radius 2 is 2.11 bits per heavy atom. The highest BCUT2D eigenvalue weighted by Gasteiger charge is 2.39. The van der Waals surface area contributed by atoms with E-state index in [1.807, 2.05) is 31.2 Å². The number of aryl methyl sites for hydroxylation is 1. The highest BCUT2D eigenvalue weighted by atomic mass is 32.2. The number of nitrogens with one attached hydrogen (secondary N) is 1. The summed E-state index contributed by atoms with van der Waals surface area (Å²) in [6.45, 7) is 1.94. The third-order valence-corrected chi connectivity index (χ3v) is 5.10. The number of nitriles is 1. The summed E-state index contributed by atoms with van der Waals surface area (Å²) in [5, 5.41) is 12.5. The third kappa shape index (κ3) is 2.65. The van der Waals surface area contributed by atoms with Crippen LogP contribution in [0.25, 0.3) is 0 Å². The molecule has 96 valence electrons. The van der Waals surface area contributed by atoms with Crippen molar-refractivity contribution in [2.75, 3.05) is 16.8 Å². The minimum Gasteiger partial charge on any atom is -0.366 e. The van der Waals surface area contributed by atoms with Crippen molar-refractivity contribution in [3.63, 3.8) is 0 Å². The quantitative estimate of drug-likeness (QED) is 0.885. The van der Waals surface area contributed by atoms with Crippen LogP contribution in [-0.2, 0) is 9.84 Å². The summed E-state index contributed by atoms with van der Waals surface area (Å²) < 4.78 is 23.4. The van der Waals surface area contributed by atoms with Gasteiger partial charge < -0.3 is 5.32 Å². The molecule has 1 aromatic carbocycles. The van der Waals surface area contributed by atoms with Crippen molar-refractivity contribution in [3.05, 3.63) is 29.8 Å². The molecule has 0 amide bonds. The molecule has 1 atom stereocenters. The first-order valence-electron chi connectivity index (χ1n) is 5.92. The predicted octanol–water partition coefficient (Wildman–Crippen LogP) is 1.88. The third-order valence-electron chi connectivity index (χ3n) is 3.26. The van der Waals surface area contributed by atoms with Gasteiger partial charge in [-0.25, -0.2) is 8.42 Å². The molecule has 2 rings (SSSR count). The number of sulfone groups is 1. The fourth-order valence-electron chi connectivity index (χ4n) is 2.30. The zero-order valence-electron chi connectivity index (χ0n) is 10.3. The Morgan fingerprint density at radius 1 is 1.39 bits per heavy atom. The molecule has 1 saturated heterocycles. The van der Waals surface area contributed by atoms with E-state index in [1.54, 1.807) is 0 Å². The summed E-state index contributed by atoms with van der Waals surface area (Å²) in [7, 11) is -3.12. The summed E-state index contributed by atoms with van der Waals surface area (Å²) in [4.78, 5) is 0. The van der Waals surface area contributed by atoms with Crippen LogP contribution >= 0.6 is 0 Å². The van der Waals surface area contributed by atoms with E-state index in [9.17, 15) is 13.7 Å². The van der Waals surface area contributed by atoms with Gasteiger partial charge in [0.05, 0.1) is 17.6 Å². The SMILES string of the molecule is Cc1ccccc1NC1(C#N)CCCS(=O)(=O)C1. The summed E-state index contributed by atoms with van der Waals surface area (Å²) in [5.74, 6) is 0.0801. The van der Waals surface area contributed by atoms with Crippen molar-refractivity contribution in [1.29, 1.82) is 5.26 Å². The van der Waals surface area contributed by atoms with Gasteiger partial charge in [-0.3, -0.25) is 0 Å². The minimum atomic E-state index is -3.12. The Morgan fingerprint density at radius 3 is 2.72 bits per heavy atom. The van der Waals surface area contributed by atoms with Crippen LogP contribution in [0.15, 0.2) is 24.3 Å². The van der Waals surface area contributed by atoms with Crippen LogP contribution in [-0.4, -0.2) is 25.5 Å². The van der Waals surface area contributed by atoms with Crippen molar-refractivity contribution in [2.24, 2.45) is 0 Å². The van der Waals surface area contributed by atoms with Gasteiger partial charge in [-0.05, 0) is 31.4 Å². The lowest BCUT2D eigenvalue weighted by Crippen LogP contribution is -2.47. The maximum Gasteiger partial charge on any atom is 0.153 e. The van der Waals surface area contributed by atoms with Gasteiger partial charge in [0, 0.05) is 5.69 Å². The Hall–Kier alpha value is -1.54. The summed E-state index contributed by atoms with van der Waals surface area (Å²) in [5.41, 5.74) is 0.856. The molecule has 5 heteroatoms. The molecule has 1 N–H and O–H groups in total. The molecular formula is C13H16N2O2S. The molecule has 1 aromatic rings. The molecule has 1 aliphatic heterocycles. The largest absolute Gasteiger partial charge is 0.366 e. The average molecular weight is 264 g/mol. The van der Waals surface area contributed by atoms with Crippen molar-refractivity contribution in [1.82, 2.24) is 0 Å². The number of para-hydroxylation sites is 1. The molecule has 0 radical (unpaired) electrons. The van der Waals surface area contributed by atoms with Gasteiger partial charge in [-0.2, -0.15) is 5.26 Å². The van der Waals surface area contributed by atoms with Gasteiger partial charge in [0.15, 0.2) is 9.84 Å². The van der Waals surface area contributed by atoms with Gasteiger partial charge in [0.25, 0.3) is 0 Å². The lowest BCUT2D eigenvalue weighted by Gasteiger charge is -2.32. The van der Waals surface area contributed by atoms with Gasteiger partial charge >= 0.3 is 0 Å². The maximum absolute atomic E-state index is 11.7. The first-order chi connectivity index (χ1) is 8.46. The van der Waals surface area contributed by atoms with E-state index in [0.717, 1.165) is 11.3 Å². The van der Waals surface area contributed by atoms with E-state index in [1.165, 1.54) is 0 Å². The second kappa shape index (κ2) is 4.62. The Kier molecular flexibility index (Phi) is 3.31. The van der Waals surface area contributed by atoms with Crippen molar-refractivity contribution >= 4 is 15.5 Å². The van der Waals surface area contributed by atoms with Crippen LogP contribution in [0.4, 0.5) is 5.69 Å². The zero-order chi connectivity index (χ0) is 13.2. The monoisotopic (exact) mass is 264 g/mol. The Balaban J connectivity index is 2.30. The Bertz CT molecular complexity index is 589. The summed E-state index contributed by atoms with van der Waals surface area (Å²) in [6, 6.07) is 9.75. The molecule has 1 heterocycles. The number of nitrogens with zero attached hydrogens (tertiary/aromatic N) is 1. The van der Waals surface area contributed by atoms with Crippen LogP contribution in [0, 0.1) is 18.3 Å². The zero-order valence-corrected chi connectivity index (χ0v) is 11.1. The van der Waals surface area contributed by atoms with E-state index < -0.39 is 15.4 Å². The first kappa shape index (κ1) is 12.9. The molecule has 18 heavy (non-hydrogen) atoms. The normalized spacial score (nSPS) is 26.2. The minimum absolute atomic E-state index is 0.106. The van der Waals surface area contributed by atoms with Gasteiger partial charge in [-0.1, -0.05) is 18.2 Å². The standard InChI is InChI=1S/C13H16N2O2S/c1-11-5-2-3-6-12(11)15-13(9-14)7-4-8-18(16,17)10-13/h2-3,5-6,15H,4,7-8,10H2,1H3. The van der Waals surface area contributed by atoms with Crippen LogP contribution in [0.2, 0.25) is 0 Å². The number of benzene rings is 1. The van der Waals surface area contributed by atoms with Crippen LogP contribution in [0.5, 0.6) is 0 Å². The maximum atomic E-state index is 11.7. The number of hydrogen-bond acceptors (Lipinski definition) is 4. The van der Waals surface area contributed by atoms with Gasteiger partial charge in [-0.15, -0.1) is 0 Å². The van der Waals surface area contributed by atoms with Gasteiger partial charge in [0.2, 0.25) is 0 Å². The molecular weight excluding hydrogens is 248 g/mol. The lowest BCUT2D eigenvalue weighted by molar-refractivity contribution is 0.519. The second-order valence-electron chi connectivity index (χ2n) is 4.83. The predicted molar refractivity (Wildman–Crippen MR) is 71.0 cm³/mol. The summed E-state index contributed by atoms with van der Waals surface area (Å²) in [6.07, 6.45) is 1.10. The highest BCUT2D eigenvalue weighted by Crippen LogP contribution is 2.28. The van der Waals surface area contributed by atoms with E-state index in [4.69, 9.17) is 0 Å². The van der Waals surface area contributed by atoms with Crippen LogP contribution in [0.1, 0.15) is 18.4 Å². The topological polar surface area (TPSA) is 70.0 Å². The fourth-order valence-corrected chi connectivity index (χ4v) is 4.06. The number of anilines is 1. The Labute approximate surface area is 108 Å². The molecule has 1 unspecified atom stereocenters. The smallest absolute Gasteiger partial charge is 0.153 e. The van der Waals surface area contributed by atoms with E-state index in [2.05, 4.69) is 11.4 Å². The molecule has 0 aliphatic carbocycles. The lowest BCUT2D eigenvalue weighted by atomic mass is 9.96. The summed E-state index contributed by atoms with van der Waals surface area (Å²) >= 11 is 0. The highest BCUT2D eigenvalue weighted by molar-refractivity contribution is 7.91. The number of rotatable bonds is 2.